The van der Waals surface area contributed by atoms with Crippen molar-refractivity contribution in [1.82, 2.24) is 20.0 Å². The maximum Gasteiger partial charge on any atom is 0.268 e. The lowest BCUT2D eigenvalue weighted by molar-refractivity contribution is -0.150. The molecule has 8 nitrogen and oxygen atoms in total. The molecular formula is C24H24N4O4. The van der Waals surface area contributed by atoms with Crippen LogP contribution in [0.4, 0.5) is 0 Å². The molecule has 5 rings (SSSR count). The Morgan fingerprint density at radius 3 is 2.56 bits per heavy atom. The van der Waals surface area contributed by atoms with Gasteiger partial charge in [0.25, 0.3) is 5.91 Å². The van der Waals surface area contributed by atoms with Crippen LogP contribution in [0.2, 0.25) is 0 Å². The molecule has 2 amide bonds. The van der Waals surface area contributed by atoms with Crippen LogP contribution in [0.5, 0.6) is 11.5 Å². The Balaban J connectivity index is 1.49. The fourth-order valence-electron chi connectivity index (χ4n) is 4.39. The third kappa shape index (κ3) is 3.37. The van der Waals surface area contributed by atoms with Gasteiger partial charge in [0.1, 0.15) is 12.6 Å². The van der Waals surface area contributed by atoms with Gasteiger partial charge in [-0.2, -0.15) is 5.10 Å². The van der Waals surface area contributed by atoms with Crippen LogP contribution in [0.25, 0.3) is 5.69 Å². The van der Waals surface area contributed by atoms with E-state index in [2.05, 4.69) is 10.4 Å². The number of aryl methyl sites for hydroxylation is 1. The van der Waals surface area contributed by atoms with Gasteiger partial charge < -0.3 is 19.7 Å². The normalized spacial score (nSPS) is 20.1. The first-order valence-corrected chi connectivity index (χ1v) is 10.6. The number of fused-ring (bicyclic) bond motifs is 1. The van der Waals surface area contributed by atoms with E-state index in [1.807, 2.05) is 61.0 Å². The first-order valence-electron chi connectivity index (χ1n) is 10.6. The predicted octanol–water partition coefficient (Wildman–Crippen LogP) is 2.33. The molecular weight excluding hydrogens is 408 g/mol. The number of carbonyl (C=O) groups is 2. The quantitative estimate of drug-likeness (QED) is 0.687. The van der Waals surface area contributed by atoms with Crippen molar-refractivity contribution in [2.75, 3.05) is 19.7 Å². The van der Waals surface area contributed by atoms with E-state index >= 15 is 0 Å². The number of para-hydroxylation sites is 3. The number of nitrogens with one attached hydrogen (secondary N) is 1. The Morgan fingerprint density at radius 1 is 1.06 bits per heavy atom. The van der Waals surface area contributed by atoms with Gasteiger partial charge in [0, 0.05) is 24.3 Å². The molecule has 1 fully saturated rings. The average molecular weight is 432 g/mol. The summed E-state index contributed by atoms with van der Waals surface area (Å²) in [6.45, 7) is 4.65. The van der Waals surface area contributed by atoms with Crippen LogP contribution in [0.15, 0.2) is 54.6 Å². The van der Waals surface area contributed by atoms with E-state index in [4.69, 9.17) is 9.47 Å². The fourth-order valence-corrected chi connectivity index (χ4v) is 4.39. The summed E-state index contributed by atoms with van der Waals surface area (Å²) in [5.41, 5.74) is 3.16. The molecule has 164 valence electrons. The number of amides is 2. The Morgan fingerprint density at radius 2 is 1.78 bits per heavy atom. The van der Waals surface area contributed by atoms with E-state index in [1.165, 1.54) is 0 Å². The number of piperazine rings is 1. The first kappa shape index (κ1) is 20.1. The lowest BCUT2D eigenvalue weighted by Crippen LogP contribution is -2.56. The van der Waals surface area contributed by atoms with Gasteiger partial charge in [0.05, 0.1) is 11.4 Å². The smallest absolute Gasteiger partial charge is 0.268 e. The van der Waals surface area contributed by atoms with Crippen molar-refractivity contribution in [3.8, 4) is 17.2 Å². The maximum atomic E-state index is 13.5. The number of hydrogen-bond acceptors (Lipinski definition) is 5. The zero-order valence-electron chi connectivity index (χ0n) is 17.9. The van der Waals surface area contributed by atoms with Crippen molar-refractivity contribution < 1.29 is 19.1 Å². The van der Waals surface area contributed by atoms with Crippen LogP contribution < -0.4 is 14.8 Å². The van der Waals surface area contributed by atoms with E-state index in [-0.39, 0.29) is 18.4 Å². The summed E-state index contributed by atoms with van der Waals surface area (Å²) >= 11 is 0. The second kappa shape index (κ2) is 8.03. The van der Waals surface area contributed by atoms with Crippen molar-refractivity contribution in [2.45, 2.75) is 26.0 Å². The minimum absolute atomic E-state index is 0.0991. The molecule has 3 aromatic rings. The largest absolute Gasteiger partial charge is 0.485 e. The highest BCUT2D eigenvalue weighted by molar-refractivity contribution is 5.92. The van der Waals surface area contributed by atoms with Crippen LogP contribution in [0, 0.1) is 13.8 Å². The Bertz CT molecular complexity index is 1170. The molecule has 0 unspecified atom stereocenters. The number of hydrogen-bond donors (Lipinski definition) is 1. The summed E-state index contributed by atoms with van der Waals surface area (Å²) < 4.78 is 13.5. The van der Waals surface area contributed by atoms with Crippen LogP contribution in [-0.2, 0) is 9.59 Å². The fraction of sp³-hybridized carbons (Fsp3) is 0.292. The van der Waals surface area contributed by atoms with Crippen LogP contribution in [-0.4, -0.2) is 52.3 Å². The van der Waals surface area contributed by atoms with E-state index < -0.39 is 12.1 Å². The van der Waals surface area contributed by atoms with E-state index in [1.54, 1.807) is 17.0 Å². The number of carbonyl (C=O) groups excluding carboxylic acids is 2. The zero-order valence-corrected chi connectivity index (χ0v) is 17.9. The molecule has 0 saturated carbocycles. The van der Waals surface area contributed by atoms with Crippen LogP contribution >= 0.6 is 0 Å². The molecule has 1 N–H and O–H groups in total. The lowest BCUT2D eigenvalue weighted by Gasteiger charge is -2.38. The SMILES string of the molecule is Cc1nn(-c2ccccc2)c(C)c1[C@@H]1C(=O)NCCN1C(=O)[C@H]1COc2ccccc2O1. The Hall–Kier alpha value is -3.81. The molecule has 0 radical (unpaired) electrons. The summed E-state index contributed by atoms with van der Waals surface area (Å²) in [5, 5.41) is 7.56. The van der Waals surface area contributed by atoms with Gasteiger partial charge >= 0.3 is 0 Å². The van der Waals surface area contributed by atoms with Gasteiger partial charge in [-0.15, -0.1) is 0 Å². The Kier molecular flexibility index (Phi) is 5.05. The highest BCUT2D eigenvalue weighted by Crippen LogP contribution is 2.34. The molecule has 8 heteroatoms. The molecule has 1 saturated heterocycles. The number of rotatable bonds is 3. The summed E-state index contributed by atoms with van der Waals surface area (Å²) in [5.74, 6) is 0.644. The van der Waals surface area contributed by atoms with Gasteiger partial charge in [0.2, 0.25) is 12.0 Å². The standard InChI is InChI=1S/C24H24N4O4/c1-15-21(16(2)28(26-15)17-8-4-3-5-9-17)22-23(29)25-12-13-27(22)24(30)20-14-31-18-10-6-7-11-19(18)32-20/h3-11,20,22H,12-14H2,1-2H3,(H,25,29)/t20-,22-/m1/s1. The number of ether oxygens (including phenoxy) is 2. The zero-order chi connectivity index (χ0) is 22.2. The highest BCUT2D eigenvalue weighted by atomic mass is 16.6. The lowest BCUT2D eigenvalue weighted by atomic mass is 9.99. The van der Waals surface area contributed by atoms with Crippen molar-refractivity contribution >= 4 is 11.8 Å². The third-order valence-electron chi connectivity index (χ3n) is 5.90. The molecule has 3 heterocycles. The van der Waals surface area contributed by atoms with Crippen LogP contribution in [0.3, 0.4) is 0 Å². The van der Waals surface area contributed by atoms with E-state index in [0.29, 0.717) is 30.3 Å². The van der Waals surface area contributed by atoms with Crippen LogP contribution in [0.1, 0.15) is 23.0 Å². The van der Waals surface area contributed by atoms with Gasteiger partial charge in [0.15, 0.2) is 11.5 Å². The third-order valence-corrected chi connectivity index (χ3v) is 5.90. The maximum absolute atomic E-state index is 13.5. The molecule has 2 aromatic carbocycles. The molecule has 2 aliphatic rings. The molecule has 1 aromatic heterocycles. The predicted molar refractivity (Wildman–Crippen MR) is 117 cm³/mol. The molecule has 0 spiro atoms. The minimum atomic E-state index is -0.817. The summed E-state index contributed by atoms with van der Waals surface area (Å²) in [6, 6.07) is 16.2. The van der Waals surface area contributed by atoms with Crippen molar-refractivity contribution in [2.24, 2.45) is 0 Å². The molecule has 0 bridgehead atoms. The Labute approximate surface area is 185 Å². The highest BCUT2D eigenvalue weighted by Gasteiger charge is 2.42. The second-order valence-electron chi connectivity index (χ2n) is 7.92. The van der Waals surface area contributed by atoms with Gasteiger partial charge in [-0.05, 0) is 38.1 Å². The average Bonchev–Trinajstić information content (AvgIpc) is 3.12. The van der Waals surface area contributed by atoms with E-state index in [0.717, 1.165) is 16.9 Å². The molecule has 2 atom stereocenters. The van der Waals surface area contributed by atoms with Gasteiger partial charge in [-0.1, -0.05) is 30.3 Å². The van der Waals surface area contributed by atoms with Gasteiger partial charge in [-0.25, -0.2) is 4.68 Å². The molecule has 2 aliphatic heterocycles. The summed E-state index contributed by atoms with van der Waals surface area (Å²) in [7, 11) is 0. The number of benzene rings is 2. The molecule has 0 aliphatic carbocycles. The van der Waals surface area contributed by atoms with Crippen molar-refractivity contribution in [3.63, 3.8) is 0 Å². The van der Waals surface area contributed by atoms with Crippen molar-refractivity contribution in [3.05, 3.63) is 71.5 Å². The minimum Gasteiger partial charge on any atom is -0.485 e. The topological polar surface area (TPSA) is 85.7 Å². The summed E-state index contributed by atoms with van der Waals surface area (Å²) in [6.07, 6.45) is -0.817. The number of nitrogens with zero attached hydrogens (tertiary/aromatic N) is 3. The van der Waals surface area contributed by atoms with Gasteiger partial charge in [-0.3, -0.25) is 9.59 Å². The monoisotopic (exact) mass is 432 g/mol. The van der Waals surface area contributed by atoms with E-state index in [9.17, 15) is 9.59 Å². The number of aromatic nitrogens is 2. The summed E-state index contributed by atoms with van der Waals surface area (Å²) in [4.78, 5) is 28.1. The molecule has 32 heavy (non-hydrogen) atoms. The van der Waals surface area contributed by atoms with Crippen molar-refractivity contribution in [1.29, 1.82) is 0 Å². The second-order valence-corrected chi connectivity index (χ2v) is 7.92. The first-order chi connectivity index (χ1) is 15.5.